The number of hydrogen-bond acceptors (Lipinski definition) is 5. The zero-order valence-electron chi connectivity index (χ0n) is 15.6. The van der Waals surface area contributed by atoms with Crippen molar-refractivity contribution < 1.29 is 9.90 Å². The van der Waals surface area contributed by atoms with Gasteiger partial charge in [0, 0.05) is 31.1 Å². The largest absolute Gasteiger partial charge is 0.507 e. The van der Waals surface area contributed by atoms with Crippen LogP contribution < -0.4 is 5.69 Å². The van der Waals surface area contributed by atoms with Gasteiger partial charge in [-0.15, -0.1) is 0 Å². The number of rotatable bonds is 4. The van der Waals surface area contributed by atoms with Crippen LogP contribution in [0.15, 0.2) is 35.1 Å². The predicted octanol–water partition coefficient (Wildman–Crippen LogP) is 1.71. The van der Waals surface area contributed by atoms with Crippen LogP contribution >= 0.6 is 0 Å². The third kappa shape index (κ3) is 3.19. The Bertz CT molecular complexity index is 1040. The van der Waals surface area contributed by atoms with Crippen molar-refractivity contribution in [3.05, 3.63) is 52.3 Å². The summed E-state index contributed by atoms with van der Waals surface area (Å²) in [4.78, 5) is 26.4. The lowest BCUT2D eigenvalue weighted by atomic mass is 9.95. The number of carbonyl (C=O) groups is 1. The maximum atomic E-state index is 12.8. The fourth-order valence-corrected chi connectivity index (χ4v) is 3.72. The van der Waals surface area contributed by atoms with Crippen LogP contribution in [-0.4, -0.2) is 54.0 Å². The second-order valence-electron chi connectivity index (χ2n) is 6.88. The summed E-state index contributed by atoms with van der Waals surface area (Å²) in [7, 11) is 0. The number of para-hydroxylation sites is 1. The van der Waals surface area contributed by atoms with E-state index in [2.05, 4.69) is 20.4 Å². The molecule has 1 amide bonds. The van der Waals surface area contributed by atoms with Crippen LogP contribution in [-0.2, 0) is 6.54 Å². The highest BCUT2D eigenvalue weighted by molar-refractivity contribution is 5.93. The number of aromatic nitrogens is 5. The molecule has 0 spiro atoms. The Morgan fingerprint density at radius 1 is 1.21 bits per heavy atom. The standard InChI is InChI=1S/C19H22N6O3/c1-2-25-17(22-23-19(25)28)12-7-9-24(10-8-12)18(27)15-11-14(20-21-15)13-5-3-4-6-16(13)26/h3-6,11-12,26H,2,7-10H2,1H3,(H,20,21)(H,23,28). The Balaban J connectivity index is 1.45. The fraction of sp³-hybridized carbons (Fsp3) is 0.368. The SMILES string of the molecule is CCn1c(C2CCN(C(=O)c3cc(-c4ccccc4O)n[nH]3)CC2)n[nH]c1=O. The van der Waals surface area contributed by atoms with Gasteiger partial charge in [0.15, 0.2) is 0 Å². The molecular weight excluding hydrogens is 360 g/mol. The number of hydrogen-bond donors (Lipinski definition) is 3. The van der Waals surface area contributed by atoms with E-state index in [-0.39, 0.29) is 23.3 Å². The van der Waals surface area contributed by atoms with Crippen LogP contribution in [0.3, 0.4) is 0 Å². The minimum atomic E-state index is -0.190. The highest BCUT2D eigenvalue weighted by Crippen LogP contribution is 2.29. The molecule has 1 aliphatic rings. The lowest BCUT2D eigenvalue weighted by Crippen LogP contribution is -2.38. The summed E-state index contributed by atoms with van der Waals surface area (Å²) < 4.78 is 1.65. The molecule has 9 heteroatoms. The monoisotopic (exact) mass is 382 g/mol. The summed E-state index contributed by atoms with van der Waals surface area (Å²) in [6.07, 6.45) is 1.49. The van der Waals surface area contributed by atoms with Gasteiger partial charge < -0.3 is 10.0 Å². The minimum absolute atomic E-state index is 0.120. The summed E-state index contributed by atoms with van der Waals surface area (Å²) >= 11 is 0. The summed E-state index contributed by atoms with van der Waals surface area (Å²) in [6.45, 7) is 3.66. The van der Waals surface area contributed by atoms with E-state index in [1.165, 1.54) is 0 Å². The van der Waals surface area contributed by atoms with Crippen LogP contribution in [0.25, 0.3) is 11.3 Å². The quantitative estimate of drug-likeness (QED) is 0.634. The zero-order valence-corrected chi connectivity index (χ0v) is 15.6. The van der Waals surface area contributed by atoms with Gasteiger partial charge in [0.2, 0.25) is 0 Å². The van der Waals surface area contributed by atoms with Crippen molar-refractivity contribution in [1.29, 1.82) is 0 Å². The molecule has 3 aromatic rings. The van der Waals surface area contributed by atoms with Crippen LogP contribution in [0.2, 0.25) is 0 Å². The molecule has 1 fully saturated rings. The summed E-state index contributed by atoms with van der Waals surface area (Å²) in [5.74, 6) is 0.918. The van der Waals surface area contributed by atoms with Crippen LogP contribution in [0.4, 0.5) is 0 Å². The Kier molecular flexibility index (Phi) is 4.72. The number of H-pyrrole nitrogens is 2. The van der Waals surface area contributed by atoms with Crippen molar-refractivity contribution in [2.45, 2.75) is 32.2 Å². The summed E-state index contributed by atoms with van der Waals surface area (Å²) in [5, 5.41) is 23.6. The second-order valence-corrected chi connectivity index (χ2v) is 6.88. The molecule has 0 saturated carbocycles. The first-order valence-electron chi connectivity index (χ1n) is 9.36. The summed E-state index contributed by atoms with van der Waals surface area (Å²) in [5.41, 5.74) is 1.31. The first-order chi connectivity index (χ1) is 13.6. The second kappa shape index (κ2) is 7.34. The van der Waals surface area contributed by atoms with Crippen LogP contribution in [0.1, 0.15) is 42.0 Å². The molecule has 0 radical (unpaired) electrons. The number of aromatic hydroxyl groups is 1. The molecular formula is C19H22N6O3. The predicted molar refractivity (Wildman–Crippen MR) is 102 cm³/mol. The highest BCUT2D eigenvalue weighted by atomic mass is 16.3. The molecule has 1 aliphatic heterocycles. The molecule has 146 valence electrons. The van der Waals surface area contributed by atoms with E-state index in [0.29, 0.717) is 36.6 Å². The molecule has 3 N–H and O–H groups in total. The highest BCUT2D eigenvalue weighted by Gasteiger charge is 2.28. The van der Waals surface area contributed by atoms with E-state index >= 15 is 0 Å². The zero-order chi connectivity index (χ0) is 19.7. The number of nitrogens with one attached hydrogen (secondary N) is 2. The molecule has 9 nitrogen and oxygen atoms in total. The van der Waals surface area contributed by atoms with Gasteiger partial charge in [-0.05, 0) is 38.0 Å². The van der Waals surface area contributed by atoms with Gasteiger partial charge in [-0.3, -0.25) is 14.5 Å². The normalized spacial score (nSPS) is 15.1. The van der Waals surface area contributed by atoms with Gasteiger partial charge in [0.25, 0.3) is 5.91 Å². The number of aromatic amines is 2. The van der Waals surface area contributed by atoms with Crippen molar-refractivity contribution in [3.63, 3.8) is 0 Å². The third-order valence-electron chi connectivity index (χ3n) is 5.24. The van der Waals surface area contributed by atoms with E-state index in [1.807, 2.05) is 6.92 Å². The van der Waals surface area contributed by atoms with E-state index in [4.69, 9.17) is 0 Å². The van der Waals surface area contributed by atoms with Gasteiger partial charge in [0.05, 0.1) is 5.69 Å². The van der Waals surface area contributed by atoms with Crippen molar-refractivity contribution in [2.24, 2.45) is 0 Å². The number of likely N-dealkylation sites (tertiary alicyclic amines) is 1. The molecule has 2 aromatic heterocycles. The van der Waals surface area contributed by atoms with E-state index in [9.17, 15) is 14.7 Å². The average Bonchev–Trinajstić information content (AvgIpc) is 3.35. The van der Waals surface area contributed by atoms with Gasteiger partial charge in [-0.2, -0.15) is 10.2 Å². The number of piperidine rings is 1. The minimum Gasteiger partial charge on any atom is -0.507 e. The van der Waals surface area contributed by atoms with Crippen LogP contribution in [0.5, 0.6) is 5.75 Å². The van der Waals surface area contributed by atoms with E-state index in [1.54, 1.807) is 39.8 Å². The van der Waals surface area contributed by atoms with E-state index in [0.717, 1.165) is 18.7 Å². The topological polar surface area (TPSA) is 120 Å². The van der Waals surface area contributed by atoms with Gasteiger partial charge in [0.1, 0.15) is 17.3 Å². The first-order valence-corrected chi connectivity index (χ1v) is 9.36. The molecule has 1 aromatic carbocycles. The maximum absolute atomic E-state index is 12.8. The van der Waals surface area contributed by atoms with Gasteiger partial charge in [-0.1, -0.05) is 12.1 Å². The third-order valence-corrected chi connectivity index (χ3v) is 5.24. The molecule has 0 unspecified atom stereocenters. The molecule has 28 heavy (non-hydrogen) atoms. The smallest absolute Gasteiger partial charge is 0.343 e. The van der Waals surface area contributed by atoms with Crippen molar-refractivity contribution in [2.75, 3.05) is 13.1 Å². The first kappa shape index (κ1) is 18.0. The number of phenolic OH excluding ortho intramolecular Hbond substituents is 1. The van der Waals surface area contributed by atoms with Crippen molar-refractivity contribution in [3.8, 4) is 17.0 Å². The maximum Gasteiger partial charge on any atom is 0.343 e. The van der Waals surface area contributed by atoms with Crippen molar-refractivity contribution in [1.82, 2.24) is 29.9 Å². The Morgan fingerprint density at radius 2 is 1.96 bits per heavy atom. The molecule has 1 saturated heterocycles. The lowest BCUT2D eigenvalue weighted by Gasteiger charge is -2.31. The van der Waals surface area contributed by atoms with Gasteiger partial charge >= 0.3 is 5.69 Å². The molecule has 3 heterocycles. The van der Waals surface area contributed by atoms with Gasteiger partial charge in [-0.25, -0.2) is 9.89 Å². The average molecular weight is 382 g/mol. The molecule has 4 rings (SSSR count). The van der Waals surface area contributed by atoms with Crippen LogP contribution in [0, 0.1) is 0 Å². The lowest BCUT2D eigenvalue weighted by molar-refractivity contribution is 0.0704. The number of amides is 1. The molecule has 0 bridgehead atoms. The Hall–Kier alpha value is -3.36. The number of carbonyl (C=O) groups excluding carboxylic acids is 1. The molecule has 0 atom stereocenters. The Morgan fingerprint density at radius 3 is 2.68 bits per heavy atom. The van der Waals surface area contributed by atoms with Crippen molar-refractivity contribution >= 4 is 5.91 Å². The Labute approximate surface area is 161 Å². The number of phenols is 1. The summed E-state index contributed by atoms with van der Waals surface area (Å²) in [6, 6.07) is 8.54. The number of benzene rings is 1. The molecule has 0 aliphatic carbocycles. The fourth-order valence-electron chi connectivity index (χ4n) is 3.72. The number of nitrogens with zero attached hydrogens (tertiary/aromatic N) is 4. The van der Waals surface area contributed by atoms with E-state index < -0.39 is 0 Å².